The van der Waals surface area contributed by atoms with Crippen LogP contribution in [-0.4, -0.2) is 7.11 Å². The summed E-state index contributed by atoms with van der Waals surface area (Å²) in [4.78, 5) is 0. The van der Waals surface area contributed by atoms with E-state index in [0.717, 1.165) is 38.6 Å². The van der Waals surface area contributed by atoms with Crippen LogP contribution in [0.3, 0.4) is 0 Å². The van der Waals surface area contributed by atoms with E-state index in [4.69, 9.17) is 9.15 Å². The van der Waals surface area contributed by atoms with E-state index in [1.165, 1.54) is 0 Å². The first kappa shape index (κ1) is 24.7. The summed E-state index contributed by atoms with van der Waals surface area (Å²) in [6.07, 6.45) is 0. The Morgan fingerprint density at radius 2 is 0.949 bits per heavy atom. The maximum absolute atomic E-state index is 15.9. The molecular formula is C35H27O3P. The molecule has 0 unspecified atom stereocenters. The molecule has 0 amide bonds. The average Bonchev–Trinajstić information content (AvgIpc) is 3.44. The highest BCUT2D eigenvalue weighted by molar-refractivity contribution is 7.85. The lowest BCUT2D eigenvalue weighted by Gasteiger charge is -2.22. The number of benzene rings is 5. The minimum Gasteiger partial charge on any atom is -0.497 e. The largest absolute Gasteiger partial charge is 0.497 e. The van der Waals surface area contributed by atoms with Crippen molar-refractivity contribution in [2.75, 3.05) is 7.11 Å². The van der Waals surface area contributed by atoms with E-state index in [1.807, 2.05) is 133 Å². The maximum Gasteiger partial charge on any atom is 0.175 e. The molecule has 0 bridgehead atoms. The molecule has 0 saturated carbocycles. The highest BCUT2D eigenvalue weighted by atomic mass is 31.2. The van der Waals surface area contributed by atoms with Gasteiger partial charge in [0.2, 0.25) is 0 Å². The van der Waals surface area contributed by atoms with Crippen molar-refractivity contribution in [2.45, 2.75) is 0 Å². The van der Waals surface area contributed by atoms with Crippen LogP contribution in [0.15, 0.2) is 150 Å². The van der Waals surface area contributed by atoms with Gasteiger partial charge < -0.3 is 13.7 Å². The van der Waals surface area contributed by atoms with Gasteiger partial charge in [-0.1, -0.05) is 121 Å². The Morgan fingerprint density at radius 1 is 0.513 bits per heavy atom. The molecule has 3 nitrogen and oxygen atoms in total. The second kappa shape index (κ2) is 10.6. The number of hydrogen-bond donors (Lipinski definition) is 0. The Hall–Kier alpha value is -4.59. The first-order valence-electron chi connectivity index (χ1n) is 12.8. The number of hydrogen-bond acceptors (Lipinski definition) is 3. The van der Waals surface area contributed by atoms with Gasteiger partial charge in [0.1, 0.15) is 17.3 Å². The summed E-state index contributed by atoms with van der Waals surface area (Å²) in [6, 6.07) is 47.4. The van der Waals surface area contributed by atoms with Gasteiger partial charge in [0.15, 0.2) is 7.14 Å². The number of rotatable bonds is 7. The zero-order valence-corrected chi connectivity index (χ0v) is 22.4. The van der Waals surface area contributed by atoms with Crippen molar-refractivity contribution in [3.05, 3.63) is 146 Å². The Morgan fingerprint density at radius 3 is 1.44 bits per heavy atom. The molecule has 4 heteroatoms. The third-order valence-corrected chi connectivity index (χ3v) is 10.00. The summed E-state index contributed by atoms with van der Waals surface area (Å²) in [7, 11) is -1.78. The monoisotopic (exact) mass is 526 g/mol. The molecule has 39 heavy (non-hydrogen) atoms. The lowest BCUT2D eigenvalue weighted by Crippen LogP contribution is -2.26. The van der Waals surface area contributed by atoms with Crippen molar-refractivity contribution in [1.29, 1.82) is 0 Å². The molecule has 0 radical (unpaired) electrons. The predicted molar refractivity (Wildman–Crippen MR) is 161 cm³/mol. The van der Waals surface area contributed by atoms with Gasteiger partial charge in [0.25, 0.3) is 0 Å². The van der Waals surface area contributed by atoms with Gasteiger partial charge in [-0.25, -0.2) is 0 Å². The Kier molecular flexibility index (Phi) is 6.75. The number of ether oxygens (including phenoxy) is 1. The molecule has 1 heterocycles. The first-order valence-corrected chi connectivity index (χ1v) is 14.5. The number of methoxy groups -OCH3 is 1. The van der Waals surface area contributed by atoms with Crippen LogP contribution in [0.2, 0.25) is 0 Å². The third kappa shape index (κ3) is 4.52. The smallest absolute Gasteiger partial charge is 0.175 e. The van der Waals surface area contributed by atoms with Gasteiger partial charge in [0.05, 0.1) is 12.4 Å². The summed E-state index contributed by atoms with van der Waals surface area (Å²) < 4.78 is 28.1. The zero-order chi connectivity index (χ0) is 26.7. The van der Waals surface area contributed by atoms with Crippen LogP contribution in [0.5, 0.6) is 5.75 Å². The molecule has 6 rings (SSSR count). The molecule has 0 N–H and O–H groups in total. The second-order valence-corrected chi connectivity index (χ2v) is 11.9. The topological polar surface area (TPSA) is 39.4 Å². The van der Waals surface area contributed by atoms with Crippen molar-refractivity contribution < 1.29 is 13.7 Å². The van der Waals surface area contributed by atoms with Gasteiger partial charge >= 0.3 is 0 Å². The Labute approximate surface area is 228 Å². The normalized spacial score (nSPS) is 11.3. The van der Waals surface area contributed by atoms with Gasteiger partial charge in [-0.2, -0.15) is 0 Å². The molecule has 0 atom stereocenters. The van der Waals surface area contributed by atoms with Gasteiger partial charge in [-0.15, -0.1) is 0 Å². The molecule has 5 aromatic carbocycles. The van der Waals surface area contributed by atoms with Gasteiger partial charge in [0, 0.05) is 27.3 Å². The molecule has 0 aliphatic heterocycles. The van der Waals surface area contributed by atoms with Crippen LogP contribution >= 0.6 is 7.14 Å². The van der Waals surface area contributed by atoms with Crippen LogP contribution in [0.1, 0.15) is 0 Å². The van der Waals surface area contributed by atoms with E-state index in [2.05, 4.69) is 12.1 Å². The summed E-state index contributed by atoms with van der Waals surface area (Å²) in [5.74, 6) is 2.02. The quantitative estimate of drug-likeness (QED) is 0.198. The highest BCUT2D eigenvalue weighted by Gasteiger charge is 2.39. The van der Waals surface area contributed by atoms with E-state index in [0.29, 0.717) is 16.8 Å². The lowest BCUT2D eigenvalue weighted by molar-refractivity contribution is 0.415. The van der Waals surface area contributed by atoms with Crippen LogP contribution in [-0.2, 0) is 4.57 Å². The molecule has 190 valence electrons. The average molecular weight is 527 g/mol. The zero-order valence-electron chi connectivity index (χ0n) is 21.5. The Balaban J connectivity index is 1.78. The van der Waals surface area contributed by atoms with E-state index >= 15 is 4.57 Å². The molecular weight excluding hydrogens is 499 g/mol. The third-order valence-electron chi connectivity index (χ3n) is 6.89. The standard InChI is InChI=1S/C35H27O3P/c1-37-29-24-22-28(23-25-29)34-35(39(36,30-18-10-4-11-19-30)31-20-12-5-13-21-31)32(26-14-6-2-7-15-26)33(38-34)27-16-8-3-9-17-27/h2-25H,1H3. The van der Waals surface area contributed by atoms with E-state index in [9.17, 15) is 0 Å². The van der Waals surface area contributed by atoms with Gasteiger partial charge in [-0.05, 0) is 29.8 Å². The van der Waals surface area contributed by atoms with Crippen molar-refractivity contribution in [3.63, 3.8) is 0 Å². The molecule has 0 aliphatic carbocycles. The first-order chi connectivity index (χ1) is 19.2. The van der Waals surface area contributed by atoms with Crippen molar-refractivity contribution in [3.8, 4) is 39.5 Å². The van der Waals surface area contributed by atoms with Crippen LogP contribution in [0, 0.1) is 0 Å². The lowest BCUT2D eigenvalue weighted by atomic mass is 10.0. The fraction of sp³-hybridized carbons (Fsp3) is 0.0286. The van der Waals surface area contributed by atoms with Crippen LogP contribution in [0.25, 0.3) is 33.8 Å². The van der Waals surface area contributed by atoms with Crippen LogP contribution < -0.4 is 20.7 Å². The van der Waals surface area contributed by atoms with Crippen molar-refractivity contribution in [2.24, 2.45) is 0 Å². The SMILES string of the molecule is COc1ccc(-c2oc(-c3ccccc3)c(-c3ccccc3)c2P(=O)(c2ccccc2)c2ccccc2)cc1. The minimum absolute atomic E-state index is 0.589. The fourth-order valence-corrected chi connectivity index (χ4v) is 8.01. The molecule has 0 fully saturated rings. The second-order valence-electron chi connectivity index (χ2n) is 9.22. The summed E-state index contributed by atoms with van der Waals surface area (Å²) >= 11 is 0. The molecule has 0 saturated heterocycles. The van der Waals surface area contributed by atoms with Crippen molar-refractivity contribution in [1.82, 2.24) is 0 Å². The molecule has 0 aliphatic rings. The van der Waals surface area contributed by atoms with E-state index < -0.39 is 7.14 Å². The maximum atomic E-state index is 15.9. The van der Waals surface area contributed by atoms with Crippen LogP contribution in [0.4, 0.5) is 0 Å². The minimum atomic E-state index is -3.43. The molecule has 6 aromatic rings. The van der Waals surface area contributed by atoms with Crippen molar-refractivity contribution >= 4 is 23.1 Å². The van der Waals surface area contributed by atoms with E-state index in [-0.39, 0.29) is 0 Å². The molecule has 1 aromatic heterocycles. The molecule has 0 spiro atoms. The Bertz CT molecular complexity index is 1680. The van der Waals surface area contributed by atoms with E-state index in [1.54, 1.807) is 7.11 Å². The predicted octanol–water partition coefficient (Wildman–Crippen LogP) is 7.93. The highest BCUT2D eigenvalue weighted by Crippen LogP contribution is 2.52. The summed E-state index contributed by atoms with van der Waals surface area (Å²) in [5, 5.41) is 2.20. The fourth-order valence-electron chi connectivity index (χ4n) is 5.01. The van der Waals surface area contributed by atoms with Gasteiger partial charge in [-0.3, -0.25) is 0 Å². The summed E-state index contributed by atoms with van der Waals surface area (Å²) in [6.45, 7) is 0. The number of furan rings is 1. The summed E-state index contributed by atoms with van der Waals surface area (Å²) in [5.41, 5.74) is 3.54.